The van der Waals surface area contributed by atoms with Crippen LogP contribution in [-0.2, 0) is 10.2 Å². The minimum atomic E-state index is -0.961. The Morgan fingerprint density at radius 1 is 1.19 bits per heavy atom. The second kappa shape index (κ2) is 5.97. The first kappa shape index (κ1) is 17.8. The van der Waals surface area contributed by atoms with E-state index in [9.17, 15) is 9.18 Å². The Morgan fingerprint density at radius 2 is 1.85 bits per heavy atom. The minimum absolute atomic E-state index is 0.0375. The molecule has 4 saturated carbocycles. The van der Waals surface area contributed by atoms with Gasteiger partial charge in [-0.25, -0.2) is 4.39 Å². The van der Waals surface area contributed by atoms with Crippen LogP contribution in [0.5, 0.6) is 5.75 Å². The quantitative estimate of drug-likeness (QED) is 0.870. The van der Waals surface area contributed by atoms with Gasteiger partial charge in [-0.05, 0) is 93.9 Å². The van der Waals surface area contributed by atoms with Crippen molar-refractivity contribution in [2.45, 2.75) is 70.0 Å². The molecule has 0 radical (unpaired) electrons. The number of ether oxygens (including phenoxy) is 1. The van der Waals surface area contributed by atoms with Gasteiger partial charge in [0.25, 0.3) is 0 Å². The lowest BCUT2D eigenvalue weighted by Crippen LogP contribution is -2.61. The van der Waals surface area contributed by atoms with Crippen LogP contribution in [0.15, 0.2) is 18.2 Å². The number of benzene rings is 1. The number of hydrogen-bond acceptors (Lipinski definition) is 2. The van der Waals surface area contributed by atoms with Gasteiger partial charge >= 0.3 is 0 Å². The zero-order valence-electron chi connectivity index (χ0n) is 16.3. The van der Waals surface area contributed by atoms with Crippen molar-refractivity contribution in [3.8, 4) is 5.75 Å². The fourth-order valence-electron chi connectivity index (χ4n) is 5.85. The highest BCUT2D eigenvalue weighted by atomic mass is 19.1. The van der Waals surface area contributed by atoms with Crippen LogP contribution < -0.4 is 10.1 Å². The molecule has 1 N–H and O–H groups in total. The molecule has 1 amide bonds. The highest BCUT2D eigenvalue weighted by Crippen LogP contribution is 2.57. The first-order valence-corrected chi connectivity index (χ1v) is 9.86. The molecular weight excluding hydrogens is 329 g/mol. The SMILES string of the molecule is COc1cc(C)cc(C(C)(C)C(=O)NC2C3CC4C[C@@H]2CC(F)(C4)C3)c1. The molecule has 5 atom stereocenters. The van der Waals surface area contributed by atoms with Crippen LogP contribution in [0.3, 0.4) is 0 Å². The van der Waals surface area contributed by atoms with E-state index in [0.717, 1.165) is 36.1 Å². The Labute approximate surface area is 155 Å². The van der Waals surface area contributed by atoms with Crippen molar-refractivity contribution < 1.29 is 13.9 Å². The van der Waals surface area contributed by atoms with Crippen LogP contribution in [0, 0.1) is 24.7 Å². The van der Waals surface area contributed by atoms with Crippen molar-refractivity contribution >= 4 is 5.91 Å². The number of amides is 1. The fourth-order valence-corrected chi connectivity index (χ4v) is 5.85. The summed E-state index contributed by atoms with van der Waals surface area (Å²) in [5.41, 5.74) is 0.422. The maximum Gasteiger partial charge on any atom is 0.230 e. The standard InChI is InChI=1S/C22H30FNO2/c1-13-5-17(9-18(6-13)26-4)21(2,3)20(25)24-19-15-7-14-8-16(19)12-22(23,10-14)11-15/h5-6,9,14-16,19H,7-8,10-12H2,1-4H3,(H,24,25)/t14?,15-,16?,19?,22?/m1/s1. The van der Waals surface area contributed by atoms with Crippen LogP contribution in [0.25, 0.3) is 0 Å². The molecule has 0 aliphatic heterocycles. The highest BCUT2D eigenvalue weighted by molar-refractivity contribution is 5.87. The summed E-state index contributed by atoms with van der Waals surface area (Å²) in [7, 11) is 1.65. The zero-order valence-corrected chi connectivity index (χ0v) is 16.3. The average Bonchev–Trinajstić information content (AvgIpc) is 2.55. The van der Waals surface area contributed by atoms with Crippen molar-refractivity contribution in [1.29, 1.82) is 0 Å². The third kappa shape index (κ3) is 2.91. The van der Waals surface area contributed by atoms with Gasteiger partial charge in [0.05, 0.1) is 12.5 Å². The number of halogens is 1. The van der Waals surface area contributed by atoms with Crippen LogP contribution in [0.2, 0.25) is 0 Å². The molecule has 1 aromatic carbocycles. The number of alkyl halides is 1. The number of methoxy groups -OCH3 is 1. The van der Waals surface area contributed by atoms with E-state index in [1.165, 1.54) is 0 Å². The number of hydrogen-bond donors (Lipinski definition) is 1. The van der Waals surface area contributed by atoms with Gasteiger partial charge < -0.3 is 10.1 Å². The van der Waals surface area contributed by atoms with Gasteiger partial charge in [0.1, 0.15) is 11.4 Å². The first-order valence-electron chi connectivity index (χ1n) is 9.86. The lowest BCUT2D eigenvalue weighted by molar-refractivity contribution is -0.134. The van der Waals surface area contributed by atoms with Gasteiger partial charge in [-0.2, -0.15) is 0 Å². The normalized spacial score (nSPS) is 35.4. The highest BCUT2D eigenvalue weighted by Gasteiger charge is 2.56. The van der Waals surface area contributed by atoms with E-state index in [1.54, 1.807) is 7.11 Å². The molecule has 4 fully saturated rings. The van der Waals surface area contributed by atoms with Gasteiger partial charge in [-0.3, -0.25) is 4.79 Å². The van der Waals surface area contributed by atoms with Gasteiger partial charge in [0.15, 0.2) is 0 Å². The topological polar surface area (TPSA) is 38.3 Å². The molecule has 4 aliphatic rings. The number of carbonyl (C=O) groups is 1. The number of carbonyl (C=O) groups excluding carboxylic acids is 1. The van der Waals surface area contributed by atoms with Crippen molar-refractivity contribution in [2.75, 3.05) is 7.11 Å². The summed E-state index contributed by atoms with van der Waals surface area (Å²) in [5.74, 6) is 1.95. The average molecular weight is 359 g/mol. The van der Waals surface area contributed by atoms with E-state index in [2.05, 4.69) is 11.4 Å². The predicted molar refractivity (Wildman–Crippen MR) is 100 cm³/mol. The van der Waals surface area contributed by atoms with Crippen molar-refractivity contribution in [2.24, 2.45) is 17.8 Å². The first-order chi connectivity index (χ1) is 12.2. The number of nitrogens with one attached hydrogen (secondary N) is 1. The van der Waals surface area contributed by atoms with Crippen LogP contribution in [-0.4, -0.2) is 24.7 Å². The zero-order chi connectivity index (χ0) is 18.7. The monoisotopic (exact) mass is 359 g/mol. The molecule has 4 unspecified atom stereocenters. The summed E-state index contributed by atoms with van der Waals surface area (Å²) in [5, 5.41) is 3.33. The lowest BCUT2D eigenvalue weighted by atomic mass is 9.53. The molecule has 26 heavy (non-hydrogen) atoms. The molecule has 0 heterocycles. The molecule has 0 spiro atoms. The molecule has 5 rings (SSSR count). The Bertz CT molecular complexity index is 713. The van der Waals surface area contributed by atoms with E-state index >= 15 is 0 Å². The summed E-state index contributed by atoms with van der Waals surface area (Å²) in [6, 6.07) is 6.10. The van der Waals surface area contributed by atoms with E-state index in [0.29, 0.717) is 30.6 Å². The Morgan fingerprint density at radius 3 is 2.42 bits per heavy atom. The number of aryl methyl sites for hydroxylation is 1. The van der Waals surface area contributed by atoms with Gasteiger partial charge in [0, 0.05) is 6.04 Å². The largest absolute Gasteiger partial charge is 0.497 e. The van der Waals surface area contributed by atoms with E-state index < -0.39 is 11.1 Å². The summed E-state index contributed by atoms with van der Waals surface area (Å²) >= 11 is 0. The molecule has 1 aromatic rings. The lowest BCUT2D eigenvalue weighted by Gasteiger charge is -2.57. The van der Waals surface area contributed by atoms with E-state index in [-0.39, 0.29) is 11.9 Å². The van der Waals surface area contributed by atoms with Crippen molar-refractivity contribution in [3.05, 3.63) is 29.3 Å². The maximum atomic E-state index is 14.9. The number of rotatable bonds is 4. The smallest absolute Gasteiger partial charge is 0.230 e. The second-order valence-corrected chi connectivity index (χ2v) is 9.48. The molecule has 142 valence electrons. The van der Waals surface area contributed by atoms with Crippen LogP contribution in [0.1, 0.15) is 57.1 Å². The Kier molecular flexibility index (Phi) is 4.09. The second-order valence-electron chi connectivity index (χ2n) is 9.48. The molecular formula is C22H30FNO2. The van der Waals surface area contributed by atoms with E-state index in [4.69, 9.17) is 4.74 Å². The summed E-state index contributed by atoms with van der Waals surface area (Å²) in [6.45, 7) is 5.94. The molecule has 0 aromatic heterocycles. The predicted octanol–water partition coefficient (Wildman–Crippen LogP) is 4.31. The van der Waals surface area contributed by atoms with Crippen LogP contribution >= 0.6 is 0 Å². The molecule has 4 heteroatoms. The summed E-state index contributed by atoms with van der Waals surface area (Å²) in [6.07, 6.45) is 4.15. The van der Waals surface area contributed by atoms with E-state index in [1.807, 2.05) is 32.9 Å². The molecule has 4 bridgehead atoms. The molecule has 0 saturated heterocycles. The summed E-state index contributed by atoms with van der Waals surface area (Å²) in [4.78, 5) is 13.2. The fraction of sp³-hybridized carbons (Fsp3) is 0.682. The minimum Gasteiger partial charge on any atom is -0.497 e. The molecule has 4 aliphatic carbocycles. The van der Waals surface area contributed by atoms with Crippen molar-refractivity contribution in [1.82, 2.24) is 5.32 Å². The van der Waals surface area contributed by atoms with Gasteiger partial charge in [0.2, 0.25) is 5.91 Å². The maximum absolute atomic E-state index is 14.9. The third-order valence-electron chi connectivity index (χ3n) is 7.07. The Hall–Kier alpha value is -1.58. The molecule has 3 nitrogen and oxygen atoms in total. The van der Waals surface area contributed by atoms with Gasteiger partial charge in [-0.1, -0.05) is 6.07 Å². The van der Waals surface area contributed by atoms with Gasteiger partial charge in [-0.15, -0.1) is 0 Å². The summed E-state index contributed by atoms with van der Waals surface area (Å²) < 4.78 is 20.3. The van der Waals surface area contributed by atoms with Crippen molar-refractivity contribution in [3.63, 3.8) is 0 Å². The Balaban J connectivity index is 1.54. The third-order valence-corrected chi connectivity index (χ3v) is 7.07. The van der Waals surface area contributed by atoms with Crippen LogP contribution in [0.4, 0.5) is 4.39 Å².